The van der Waals surface area contributed by atoms with Crippen LogP contribution in [0.2, 0.25) is 10.0 Å². The first-order valence-electron chi connectivity index (χ1n) is 12.5. The van der Waals surface area contributed by atoms with E-state index in [-0.39, 0.29) is 24.3 Å². The Hall–Kier alpha value is -2.47. The highest BCUT2D eigenvalue weighted by Crippen LogP contribution is 2.28. The highest BCUT2D eigenvalue weighted by molar-refractivity contribution is 7.98. The number of hydrogen-bond acceptors (Lipinski definition) is 3. The van der Waals surface area contributed by atoms with Crippen LogP contribution < -0.4 is 5.32 Å². The van der Waals surface area contributed by atoms with Crippen LogP contribution in [0.4, 0.5) is 0 Å². The third-order valence-corrected chi connectivity index (χ3v) is 7.66. The molecule has 3 aromatic carbocycles. The van der Waals surface area contributed by atoms with Gasteiger partial charge in [-0.05, 0) is 29.2 Å². The van der Waals surface area contributed by atoms with Crippen molar-refractivity contribution in [1.82, 2.24) is 10.2 Å². The van der Waals surface area contributed by atoms with Gasteiger partial charge < -0.3 is 10.2 Å². The van der Waals surface area contributed by atoms with E-state index >= 15 is 0 Å². The fraction of sp³-hybridized carbons (Fsp3) is 0.333. The van der Waals surface area contributed by atoms with Crippen molar-refractivity contribution in [2.45, 2.75) is 45.0 Å². The largest absolute Gasteiger partial charge is 0.354 e. The average molecular weight is 558 g/mol. The van der Waals surface area contributed by atoms with Crippen molar-refractivity contribution >= 4 is 46.8 Å². The van der Waals surface area contributed by atoms with E-state index in [2.05, 4.69) is 17.4 Å². The first-order chi connectivity index (χ1) is 17.8. The van der Waals surface area contributed by atoms with Crippen LogP contribution >= 0.6 is 35.0 Å². The molecule has 0 heterocycles. The summed E-state index contributed by atoms with van der Waals surface area (Å²) >= 11 is 14.7. The average Bonchev–Trinajstić information content (AvgIpc) is 2.89. The maximum Gasteiger partial charge on any atom is 0.243 e. The lowest BCUT2D eigenvalue weighted by atomic mass is 10.0. The van der Waals surface area contributed by atoms with E-state index in [1.165, 1.54) is 5.56 Å². The van der Waals surface area contributed by atoms with Gasteiger partial charge in [-0.1, -0.05) is 104 Å². The van der Waals surface area contributed by atoms with Gasteiger partial charge in [-0.2, -0.15) is 11.8 Å². The number of benzene rings is 3. The maximum atomic E-state index is 13.7. The molecule has 3 rings (SSSR count). The van der Waals surface area contributed by atoms with Crippen molar-refractivity contribution in [3.05, 3.63) is 106 Å². The highest BCUT2D eigenvalue weighted by atomic mass is 35.5. The smallest absolute Gasteiger partial charge is 0.243 e. The van der Waals surface area contributed by atoms with Crippen molar-refractivity contribution < 1.29 is 9.59 Å². The minimum Gasteiger partial charge on any atom is -0.354 e. The Morgan fingerprint density at radius 3 is 2.05 bits per heavy atom. The second-order valence-corrected chi connectivity index (χ2v) is 11.3. The Kier molecular flexibility index (Phi) is 11.8. The molecular weight excluding hydrogens is 523 g/mol. The Labute approximate surface area is 234 Å². The summed E-state index contributed by atoms with van der Waals surface area (Å²) < 4.78 is 0. The highest BCUT2D eigenvalue weighted by Gasteiger charge is 2.31. The van der Waals surface area contributed by atoms with Crippen LogP contribution in [0.3, 0.4) is 0 Å². The first kappa shape index (κ1) is 29.1. The number of rotatable bonds is 13. The Balaban J connectivity index is 1.84. The van der Waals surface area contributed by atoms with Gasteiger partial charge in [0.15, 0.2) is 0 Å². The van der Waals surface area contributed by atoms with Crippen LogP contribution in [0, 0.1) is 5.92 Å². The van der Waals surface area contributed by atoms with Crippen molar-refractivity contribution in [3.8, 4) is 0 Å². The summed E-state index contributed by atoms with van der Waals surface area (Å²) in [5.74, 6) is 1.49. The summed E-state index contributed by atoms with van der Waals surface area (Å²) in [4.78, 5) is 28.9. The number of carbonyl (C=O) groups is 2. The van der Waals surface area contributed by atoms with E-state index in [4.69, 9.17) is 23.2 Å². The number of nitrogens with one attached hydrogen (secondary N) is 1. The van der Waals surface area contributed by atoms with Crippen LogP contribution in [-0.2, 0) is 28.3 Å². The quantitative estimate of drug-likeness (QED) is 0.230. The molecule has 0 aliphatic heterocycles. The minimum atomic E-state index is -0.694. The molecule has 0 spiro atoms. The standard InChI is InChI=1S/C30H34Cl2N2O2S/c1-22(2)19-33-30(36)28(18-23-10-5-3-6-11-23)34(20-25-26(31)14-9-15-27(25)32)29(35)16-17-37-21-24-12-7-4-8-13-24/h3-15,22,28H,16-21H2,1-2H3,(H,33,36). The number of carbonyl (C=O) groups excluding carboxylic acids is 2. The number of hydrogen-bond donors (Lipinski definition) is 1. The van der Waals surface area contributed by atoms with Gasteiger partial charge in [0.05, 0.1) is 0 Å². The second-order valence-electron chi connectivity index (χ2n) is 9.35. The lowest BCUT2D eigenvalue weighted by molar-refractivity contribution is -0.141. The maximum absolute atomic E-state index is 13.7. The fourth-order valence-electron chi connectivity index (χ4n) is 3.90. The van der Waals surface area contributed by atoms with E-state index in [1.807, 2.05) is 62.4 Å². The molecule has 3 aromatic rings. The van der Waals surface area contributed by atoms with Crippen molar-refractivity contribution in [2.24, 2.45) is 5.92 Å². The van der Waals surface area contributed by atoms with E-state index in [0.29, 0.717) is 40.7 Å². The summed E-state index contributed by atoms with van der Waals surface area (Å²) in [5, 5.41) is 3.99. The topological polar surface area (TPSA) is 49.4 Å². The first-order valence-corrected chi connectivity index (χ1v) is 14.4. The SMILES string of the molecule is CC(C)CNC(=O)C(Cc1ccccc1)N(Cc1c(Cl)cccc1Cl)C(=O)CCSCc1ccccc1. The van der Waals surface area contributed by atoms with Gasteiger partial charge >= 0.3 is 0 Å². The molecule has 1 atom stereocenters. The molecular formula is C30H34Cl2N2O2S. The molecule has 0 saturated heterocycles. The molecule has 0 aromatic heterocycles. The normalized spacial score (nSPS) is 11.8. The van der Waals surface area contributed by atoms with E-state index in [0.717, 1.165) is 11.3 Å². The summed E-state index contributed by atoms with van der Waals surface area (Å²) in [7, 11) is 0. The van der Waals surface area contributed by atoms with Gasteiger partial charge in [0, 0.05) is 53.0 Å². The summed E-state index contributed by atoms with van der Waals surface area (Å²) in [6.07, 6.45) is 0.706. The molecule has 4 nitrogen and oxygen atoms in total. The van der Waals surface area contributed by atoms with Gasteiger partial charge in [0.2, 0.25) is 11.8 Å². The molecule has 0 fully saturated rings. The molecule has 1 N–H and O–H groups in total. The van der Waals surface area contributed by atoms with E-state index < -0.39 is 6.04 Å². The number of nitrogens with zero attached hydrogens (tertiary/aromatic N) is 1. The molecule has 196 valence electrons. The molecule has 0 radical (unpaired) electrons. The van der Waals surface area contributed by atoms with Gasteiger partial charge in [-0.15, -0.1) is 0 Å². The van der Waals surface area contributed by atoms with Gasteiger partial charge in [0.1, 0.15) is 6.04 Å². The van der Waals surface area contributed by atoms with Crippen molar-refractivity contribution in [3.63, 3.8) is 0 Å². The zero-order valence-corrected chi connectivity index (χ0v) is 23.7. The van der Waals surface area contributed by atoms with Crippen LogP contribution in [0.5, 0.6) is 0 Å². The van der Waals surface area contributed by atoms with Crippen LogP contribution in [0.25, 0.3) is 0 Å². The lowest BCUT2D eigenvalue weighted by Crippen LogP contribution is -2.51. The fourth-order valence-corrected chi connectivity index (χ4v) is 5.31. The predicted octanol–water partition coefficient (Wildman–Crippen LogP) is 7.03. The Bertz CT molecular complexity index is 1120. The zero-order chi connectivity index (χ0) is 26.6. The van der Waals surface area contributed by atoms with Gasteiger partial charge in [0.25, 0.3) is 0 Å². The van der Waals surface area contributed by atoms with Crippen molar-refractivity contribution in [2.75, 3.05) is 12.3 Å². The number of thioether (sulfide) groups is 1. The summed E-state index contributed by atoms with van der Waals surface area (Å²) in [6.45, 7) is 4.78. The van der Waals surface area contributed by atoms with Crippen LogP contribution in [-0.4, -0.2) is 35.1 Å². The second kappa shape index (κ2) is 15.1. The molecule has 7 heteroatoms. The third-order valence-electron chi connectivity index (χ3n) is 5.92. The molecule has 2 amide bonds. The van der Waals surface area contributed by atoms with E-state index in [1.54, 1.807) is 34.9 Å². The van der Waals surface area contributed by atoms with Crippen LogP contribution in [0.1, 0.15) is 37.0 Å². The Morgan fingerprint density at radius 2 is 1.46 bits per heavy atom. The third kappa shape index (κ3) is 9.41. The lowest BCUT2D eigenvalue weighted by Gasteiger charge is -2.32. The molecule has 0 aliphatic rings. The van der Waals surface area contributed by atoms with E-state index in [9.17, 15) is 9.59 Å². The minimum absolute atomic E-state index is 0.0998. The number of halogens is 2. The molecule has 37 heavy (non-hydrogen) atoms. The Morgan fingerprint density at radius 1 is 0.865 bits per heavy atom. The van der Waals surface area contributed by atoms with Crippen LogP contribution in [0.15, 0.2) is 78.9 Å². The van der Waals surface area contributed by atoms with Gasteiger partial charge in [-0.3, -0.25) is 9.59 Å². The summed E-state index contributed by atoms with van der Waals surface area (Å²) in [6, 6.07) is 24.5. The molecule has 0 bridgehead atoms. The summed E-state index contributed by atoms with van der Waals surface area (Å²) in [5.41, 5.74) is 2.84. The predicted molar refractivity (Wildman–Crippen MR) is 156 cm³/mol. The molecule has 0 aliphatic carbocycles. The number of amides is 2. The molecule has 1 unspecified atom stereocenters. The van der Waals surface area contributed by atoms with Gasteiger partial charge in [-0.25, -0.2) is 0 Å². The van der Waals surface area contributed by atoms with Crippen molar-refractivity contribution in [1.29, 1.82) is 0 Å². The zero-order valence-electron chi connectivity index (χ0n) is 21.3. The molecule has 0 saturated carbocycles. The monoisotopic (exact) mass is 556 g/mol.